The summed E-state index contributed by atoms with van der Waals surface area (Å²) >= 11 is 6.09. The lowest BCUT2D eigenvalue weighted by Crippen LogP contribution is -2.66. The van der Waals surface area contributed by atoms with E-state index in [4.69, 9.17) is 22.1 Å². The number of hydrogen-bond donors (Lipinski definition) is 1. The fraction of sp³-hybridized carbons (Fsp3) is 0.375. The number of nitrogens with two attached hydrogens (primary N) is 1. The number of likely N-dealkylation sites (N-methyl/N-ethyl adjacent to an activating group) is 1. The van der Waals surface area contributed by atoms with Gasteiger partial charge in [0.1, 0.15) is 11.6 Å². The van der Waals surface area contributed by atoms with Crippen LogP contribution in [0.3, 0.4) is 0 Å². The standard InChI is InChI=1S/C24H28ClFN4O2/c1-28-12-18-14-29(11-16-3-5-17(26)6-4-16)15-19(13-28)30(18)8-7-23(31)20-9-24(32-2)21(25)10-22(20)27/h3-10,18-19H,11-15,27H2,1-2H3/b8-7+. The van der Waals surface area contributed by atoms with Gasteiger partial charge in [-0.1, -0.05) is 23.7 Å². The van der Waals surface area contributed by atoms with Gasteiger partial charge in [0.05, 0.1) is 24.2 Å². The number of nitrogen functional groups attached to an aromatic ring is 1. The summed E-state index contributed by atoms with van der Waals surface area (Å²) in [7, 11) is 3.63. The zero-order valence-corrected chi connectivity index (χ0v) is 19.1. The van der Waals surface area contributed by atoms with E-state index in [1.165, 1.54) is 19.2 Å². The number of halogens is 2. The second kappa shape index (κ2) is 9.48. The molecule has 4 rings (SSSR count). The van der Waals surface area contributed by atoms with Gasteiger partial charge < -0.3 is 20.3 Å². The molecule has 2 fully saturated rings. The maximum Gasteiger partial charge on any atom is 0.189 e. The van der Waals surface area contributed by atoms with Gasteiger partial charge in [-0.15, -0.1) is 0 Å². The molecular formula is C24H28ClFN4O2. The summed E-state index contributed by atoms with van der Waals surface area (Å²) in [4.78, 5) is 19.9. The quantitative estimate of drug-likeness (QED) is 0.407. The second-order valence-corrected chi connectivity index (χ2v) is 8.96. The first-order chi connectivity index (χ1) is 15.3. The van der Waals surface area contributed by atoms with Crippen LogP contribution in [0.5, 0.6) is 5.75 Å². The summed E-state index contributed by atoms with van der Waals surface area (Å²) in [6, 6.07) is 10.3. The van der Waals surface area contributed by atoms with Crippen molar-refractivity contribution in [1.29, 1.82) is 0 Å². The summed E-state index contributed by atoms with van der Waals surface area (Å²) in [6.45, 7) is 4.34. The van der Waals surface area contributed by atoms with Crippen molar-refractivity contribution in [2.45, 2.75) is 18.6 Å². The van der Waals surface area contributed by atoms with Gasteiger partial charge in [0.15, 0.2) is 5.78 Å². The number of ketones is 1. The van der Waals surface area contributed by atoms with Crippen molar-refractivity contribution in [2.24, 2.45) is 0 Å². The van der Waals surface area contributed by atoms with Crippen molar-refractivity contribution in [3.63, 3.8) is 0 Å². The number of carbonyl (C=O) groups is 1. The Morgan fingerprint density at radius 1 is 1.19 bits per heavy atom. The van der Waals surface area contributed by atoms with Crippen LogP contribution in [0.1, 0.15) is 15.9 Å². The molecule has 0 aromatic heterocycles. The fourth-order valence-electron chi connectivity index (χ4n) is 4.66. The monoisotopic (exact) mass is 458 g/mol. The topological polar surface area (TPSA) is 62.0 Å². The highest BCUT2D eigenvalue weighted by molar-refractivity contribution is 6.32. The summed E-state index contributed by atoms with van der Waals surface area (Å²) in [5.41, 5.74) is 7.82. The largest absolute Gasteiger partial charge is 0.495 e. The van der Waals surface area contributed by atoms with Crippen LogP contribution >= 0.6 is 11.6 Å². The van der Waals surface area contributed by atoms with Crippen LogP contribution in [-0.4, -0.2) is 72.9 Å². The van der Waals surface area contributed by atoms with E-state index in [0.29, 0.717) is 22.0 Å². The van der Waals surface area contributed by atoms with Gasteiger partial charge >= 0.3 is 0 Å². The Morgan fingerprint density at radius 3 is 2.47 bits per heavy atom. The molecule has 0 radical (unpaired) electrons. The SMILES string of the molecule is COc1cc(C(=O)/C=C/N2C3CN(C)CC2CN(Cc2ccc(F)cc2)C3)c(N)cc1Cl. The van der Waals surface area contributed by atoms with Gasteiger partial charge in [-0.05, 0) is 36.9 Å². The van der Waals surface area contributed by atoms with Crippen LogP contribution in [-0.2, 0) is 6.54 Å². The van der Waals surface area contributed by atoms with E-state index in [2.05, 4.69) is 21.7 Å². The summed E-state index contributed by atoms with van der Waals surface area (Å²) in [5, 5.41) is 0.375. The van der Waals surface area contributed by atoms with E-state index >= 15 is 0 Å². The first-order valence-electron chi connectivity index (χ1n) is 10.6. The van der Waals surface area contributed by atoms with E-state index in [1.54, 1.807) is 18.2 Å². The average Bonchev–Trinajstić information content (AvgIpc) is 2.74. The molecule has 2 saturated heterocycles. The van der Waals surface area contributed by atoms with Crippen LogP contribution in [0.25, 0.3) is 0 Å². The Hall–Kier alpha value is -2.61. The molecule has 2 unspecified atom stereocenters. The van der Waals surface area contributed by atoms with Gasteiger partial charge in [0.25, 0.3) is 0 Å². The molecule has 0 amide bonds. The number of anilines is 1. The van der Waals surface area contributed by atoms with Crippen LogP contribution in [0.2, 0.25) is 5.02 Å². The number of allylic oxidation sites excluding steroid dienone is 1. The van der Waals surface area contributed by atoms with Crippen molar-refractivity contribution in [3.05, 3.63) is 70.6 Å². The number of rotatable bonds is 6. The molecule has 2 aromatic carbocycles. The molecule has 2 atom stereocenters. The maximum atomic E-state index is 13.2. The van der Waals surface area contributed by atoms with E-state index in [-0.39, 0.29) is 23.7 Å². The van der Waals surface area contributed by atoms with Crippen molar-refractivity contribution >= 4 is 23.1 Å². The van der Waals surface area contributed by atoms with Crippen molar-refractivity contribution in [3.8, 4) is 5.75 Å². The minimum absolute atomic E-state index is 0.183. The minimum Gasteiger partial charge on any atom is -0.495 e. The maximum absolute atomic E-state index is 13.2. The third-order valence-corrected chi connectivity index (χ3v) is 6.43. The highest BCUT2D eigenvalue weighted by Crippen LogP contribution is 2.30. The Labute approximate surface area is 193 Å². The van der Waals surface area contributed by atoms with E-state index < -0.39 is 0 Å². The molecule has 6 nitrogen and oxygen atoms in total. The van der Waals surface area contributed by atoms with Gasteiger partial charge in [0.2, 0.25) is 0 Å². The Balaban J connectivity index is 1.47. The zero-order valence-electron chi connectivity index (χ0n) is 18.3. The molecule has 32 heavy (non-hydrogen) atoms. The fourth-order valence-corrected chi connectivity index (χ4v) is 4.91. The lowest BCUT2D eigenvalue weighted by molar-refractivity contribution is -0.0107. The number of fused-ring (bicyclic) bond motifs is 2. The molecule has 2 N–H and O–H groups in total. The van der Waals surface area contributed by atoms with Gasteiger partial charge in [-0.3, -0.25) is 9.69 Å². The van der Waals surface area contributed by atoms with Crippen LogP contribution in [0.15, 0.2) is 48.7 Å². The molecule has 0 saturated carbocycles. The normalized spacial score (nSPS) is 21.8. The number of benzene rings is 2. The Morgan fingerprint density at radius 2 is 1.84 bits per heavy atom. The molecule has 2 aliphatic heterocycles. The summed E-state index contributed by atoms with van der Waals surface area (Å²) in [5.74, 6) is 0.0222. The van der Waals surface area contributed by atoms with Crippen LogP contribution < -0.4 is 10.5 Å². The smallest absolute Gasteiger partial charge is 0.189 e. The van der Waals surface area contributed by atoms with Crippen LogP contribution in [0, 0.1) is 5.82 Å². The molecule has 2 aliphatic rings. The summed E-state index contributed by atoms with van der Waals surface area (Å²) in [6.07, 6.45) is 3.49. The number of ether oxygens (including phenoxy) is 1. The second-order valence-electron chi connectivity index (χ2n) is 8.55. The number of piperazine rings is 2. The predicted octanol–water partition coefficient (Wildman–Crippen LogP) is 3.27. The highest BCUT2D eigenvalue weighted by Gasteiger charge is 2.37. The molecule has 8 heteroatoms. The average molecular weight is 459 g/mol. The van der Waals surface area contributed by atoms with E-state index in [0.717, 1.165) is 38.3 Å². The molecule has 0 spiro atoms. The van der Waals surface area contributed by atoms with Gasteiger partial charge in [-0.25, -0.2) is 4.39 Å². The third kappa shape index (κ3) is 4.90. The van der Waals surface area contributed by atoms with Crippen LogP contribution in [0.4, 0.5) is 10.1 Å². The Kier molecular flexibility index (Phi) is 6.69. The minimum atomic E-state index is -0.217. The van der Waals surface area contributed by atoms with E-state index in [9.17, 15) is 9.18 Å². The lowest BCUT2D eigenvalue weighted by Gasteiger charge is -2.52. The molecule has 2 heterocycles. The molecule has 2 aromatic rings. The number of carbonyl (C=O) groups excluding carboxylic acids is 1. The summed E-state index contributed by atoms with van der Waals surface area (Å²) < 4.78 is 18.4. The zero-order chi connectivity index (χ0) is 22.8. The molecular weight excluding hydrogens is 431 g/mol. The van der Waals surface area contributed by atoms with Crippen molar-refractivity contribution in [1.82, 2.24) is 14.7 Å². The molecule has 0 aliphatic carbocycles. The van der Waals surface area contributed by atoms with E-state index in [1.807, 2.05) is 18.3 Å². The van der Waals surface area contributed by atoms with Gasteiger partial charge in [-0.2, -0.15) is 0 Å². The lowest BCUT2D eigenvalue weighted by atomic mass is 10.00. The predicted molar refractivity (Wildman–Crippen MR) is 124 cm³/mol. The Bertz CT molecular complexity index is 998. The number of nitrogens with zero attached hydrogens (tertiary/aromatic N) is 3. The number of methoxy groups -OCH3 is 1. The van der Waals surface area contributed by atoms with Crippen molar-refractivity contribution in [2.75, 3.05) is 46.1 Å². The first-order valence-corrected chi connectivity index (χ1v) is 11.0. The first kappa shape index (κ1) is 22.6. The molecule has 170 valence electrons. The molecule has 2 bridgehead atoms. The highest BCUT2D eigenvalue weighted by atomic mass is 35.5. The van der Waals surface area contributed by atoms with Gasteiger partial charge in [0, 0.05) is 56.3 Å². The third-order valence-electron chi connectivity index (χ3n) is 6.13. The van der Waals surface area contributed by atoms with Crippen molar-refractivity contribution < 1.29 is 13.9 Å². The number of hydrogen-bond acceptors (Lipinski definition) is 6.